The number of rotatable bonds is 8. The summed E-state index contributed by atoms with van der Waals surface area (Å²) in [4.78, 5) is 13.4. The van der Waals surface area contributed by atoms with Gasteiger partial charge in [0.2, 0.25) is 5.89 Å². The van der Waals surface area contributed by atoms with Crippen molar-refractivity contribution in [2.24, 2.45) is 0 Å². The van der Waals surface area contributed by atoms with Gasteiger partial charge in [0.15, 0.2) is 6.61 Å². The highest BCUT2D eigenvalue weighted by Crippen LogP contribution is 2.30. The second-order valence-corrected chi connectivity index (χ2v) is 7.57. The molecule has 1 heterocycles. The highest BCUT2D eigenvalue weighted by Gasteiger charge is 2.15. The number of thioether (sulfide) groups is 1. The lowest BCUT2D eigenvalue weighted by Gasteiger charge is -2.10. The van der Waals surface area contributed by atoms with Crippen LogP contribution >= 0.6 is 11.8 Å². The number of amides is 1. The highest BCUT2D eigenvalue weighted by atomic mass is 32.2. The Kier molecular flexibility index (Phi) is 6.64. The van der Waals surface area contributed by atoms with Crippen LogP contribution in [-0.2, 0) is 11.3 Å². The monoisotopic (exact) mass is 431 g/mol. The molecular weight excluding hydrogens is 410 g/mol. The van der Waals surface area contributed by atoms with E-state index in [0.29, 0.717) is 29.6 Å². The maximum Gasteiger partial charge on any atom is 0.258 e. The summed E-state index contributed by atoms with van der Waals surface area (Å²) in [5.41, 5.74) is 2.51. The number of hydrogen-bond acceptors (Lipinski definition) is 6. The molecule has 4 rings (SSSR count). The van der Waals surface area contributed by atoms with Gasteiger partial charge in [0.1, 0.15) is 5.75 Å². The first-order chi connectivity index (χ1) is 15.2. The Bertz CT molecular complexity index is 1140. The van der Waals surface area contributed by atoms with Gasteiger partial charge in [-0.2, -0.15) is 0 Å². The van der Waals surface area contributed by atoms with Crippen molar-refractivity contribution < 1.29 is 13.9 Å². The van der Waals surface area contributed by atoms with Gasteiger partial charge in [0, 0.05) is 17.0 Å². The zero-order chi connectivity index (χ0) is 21.5. The highest BCUT2D eigenvalue weighted by molar-refractivity contribution is 7.98. The number of aromatic nitrogens is 2. The van der Waals surface area contributed by atoms with Gasteiger partial charge in [0.25, 0.3) is 11.8 Å². The molecule has 0 bridgehead atoms. The summed E-state index contributed by atoms with van der Waals surface area (Å²) >= 11 is 1.68. The third-order valence-corrected chi connectivity index (χ3v) is 5.31. The first kappa shape index (κ1) is 20.7. The van der Waals surface area contributed by atoms with E-state index in [2.05, 4.69) is 15.5 Å². The summed E-state index contributed by atoms with van der Waals surface area (Å²) in [6.45, 7) is 0.336. The molecule has 0 fully saturated rings. The molecule has 4 aromatic rings. The lowest BCUT2D eigenvalue weighted by Crippen LogP contribution is -2.28. The first-order valence-electron chi connectivity index (χ1n) is 9.73. The van der Waals surface area contributed by atoms with Gasteiger partial charge < -0.3 is 14.5 Å². The molecule has 0 aliphatic carbocycles. The van der Waals surface area contributed by atoms with Crippen molar-refractivity contribution in [2.75, 3.05) is 12.9 Å². The number of carbonyl (C=O) groups excluding carboxylic acids is 1. The third-order valence-electron chi connectivity index (χ3n) is 4.57. The van der Waals surface area contributed by atoms with Gasteiger partial charge in [-0.25, -0.2) is 0 Å². The number of para-hydroxylation sites is 1. The van der Waals surface area contributed by atoms with E-state index in [-0.39, 0.29) is 12.5 Å². The molecule has 0 saturated carbocycles. The van der Waals surface area contributed by atoms with Crippen LogP contribution in [-0.4, -0.2) is 29.0 Å². The van der Waals surface area contributed by atoms with Crippen LogP contribution in [0.5, 0.6) is 5.75 Å². The van der Waals surface area contributed by atoms with Gasteiger partial charge in [-0.3, -0.25) is 4.79 Å². The molecule has 1 aromatic heterocycles. The zero-order valence-electron chi connectivity index (χ0n) is 16.9. The van der Waals surface area contributed by atoms with Gasteiger partial charge in [-0.1, -0.05) is 42.5 Å². The van der Waals surface area contributed by atoms with Crippen LogP contribution in [0.3, 0.4) is 0 Å². The Labute approximate surface area is 184 Å². The van der Waals surface area contributed by atoms with Crippen molar-refractivity contribution in [1.82, 2.24) is 15.5 Å². The van der Waals surface area contributed by atoms with Gasteiger partial charge in [0.05, 0.1) is 5.56 Å². The Morgan fingerprint density at radius 1 is 0.935 bits per heavy atom. The van der Waals surface area contributed by atoms with Crippen LogP contribution in [0.4, 0.5) is 0 Å². The summed E-state index contributed by atoms with van der Waals surface area (Å²) in [5.74, 6) is 1.06. The van der Waals surface area contributed by atoms with Crippen molar-refractivity contribution in [3.63, 3.8) is 0 Å². The Morgan fingerprint density at radius 2 is 1.65 bits per heavy atom. The van der Waals surface area contributed by atoms with E-state index >= 15 is 0 Å². The van der Waals surface area contributed by atoms with Gasteiger partial charge in [-0.05, 0) is 48.2 Å². The SMILES string of the molecule is CSc1ccc(CNC(=O)COc2ccccc2-c2nnc(-c3ccccc3)o2)cc1. The van der Waals surface area contributed by atoms with Crippen molar-refractivity contribution in [2.45, 2.75) is 11.4 Å². The average molecular weight is 432 g/mol. The van der Waals surface area contributed by atoms with E-state index in [9.17, 15) is 4.79 Å². The maximum atomic E-state index is 12.3. The summed E-state index contributed by atoms with van der Waals surface area (Å²) in [6.07, 6.45) is 2.03. The van der Waals surface area contributed by atoms with E-state index in [1.54, 1.807) is 17.8 Å². The fourth-order valence-electron chi connectivity index (χ4n) is 2.94. The van der Waals surface area contributed by atoms with Gasteiger partial charge >= 0.3 is 0 Å². The molecule has 1 amide bonds. The fourth-order valence-corrected chi connectivity index (χ4v) is 3.35. The van der Waals surface area contributed by atoms with E-state index in [1.165, 1.54) is 4.90 Å². The van der Waals surface area contributed by atoms with Crippen molar-refractivity contribution in [1.29, 1.82) is 0 Å². The Balaban J connectivity index is 1.38. The summed E-state index contributed by atoms with van der Waals surface area (Å²) in [5, 5.41) is 11.1. The number of benzene rings is 3. The molecule has 1 N–H and O–H groups in total. The first-order valence-corrected chi connectivity index (χ1v) is 11.0. The molecule has 0 atom stereocenters. The largest absolute Gasteiger partial charge is 0.483 e. The summed E-state index contributed by atoms with van der Waals surface area (Å²) < 4.78 is 11.6. The lowest BCUT2D eigenvalue weighted by atomic mass is 10.2. The normalized spacial score (nSPS) is 10.6. The standard InChI is InChI=1S/C24H21N3O3S/c1-31-19-13-11-17(12-14-19)15-25-22(28)16-29-21-10-6-5-9-20(21)24-27-26-23(30-24)18-7-3-2-4-8-18/h2-14H,15-16H2,1H3,(H,25,28). The number of nitrogens with one attached hydrogen (secondary N) is 1. The number of ether oxygens (including phenoxy) is 1. The van der Waals surface area contributed by atoms with Crippen molar-refractivity contribution in [3.05, 3.63) is 84.4 Å². The van der Waals surface area contributed by atoms with Crippen LogP contribution in [0.1, 0.15) is 5.56 Å². The molecule has 0 saturated heterocycles. The van der Waals surface area contributed by atoms with Crippen LogP contribution < -0.4 is 10.1 Å². The van der Waals surface area contributed by atoms with Crippen LogP contribution in [0, 0.1) is 0 Å². The number of hydrogen-bond donors (Lipinski definition) is 1. The van der Waals surface area contributed by atoms with Crippen LogP contribution in [0.15, 0.2) is 88.2 Å². The minimum Gasteiger partial charge on any atom is -0.483 e. The van der Waals surface area contributed by atoms with Crippen molar-refractivity contribution in [3.8, 4) is 28.7 Å². The molecule has 6 nitrogen and oxygen atoms in total. The third kappa shape index (κ3) is 5.32. The summed E-state index contributed by atoms with van der Waals surface area (Å²) in [6, 6.07) is 24.9. The summed E-state index contributed by atoms with van der Waals surface area (Å²) in [7, 11) is 0. The maximum absolute atomic E-state index is 12.3. The minimum absolute atomic E-state index is 0.112. The lowest BCUT2D eigenvalue weighted by molar-refractivity contribution is -0.123. The molecular formula is C24H21N3O3S. The topological polar surface area (TPSA) is 77.2 Å². The molecule has 0 aliphatic rings. The number of carbonyl (C=O) groups is 1. The second kappa shape index (κ2) is 9.95. The Hall–Kier alpha value is -3.58. The molecule has 0 unspecified atom stereocenters. The molecule has 0 spiro atoms. The minimum atomic E-state index is -0.209. The molecule has 7 heteroatoms. The van der Waals surface area contributed by atoms with E-state index in [0.717, 1.165) is 11.1 Å². The zero-order valence-corrected chi connectivity index (χ0v) is 17.8. The smallest absolute Gasteiger partial charge is 0.258 e. The molecule has 156 valence electrons. The molecule has 0 aliphatic heterocycles. The molecule has 31 heavy (non-hydrogen) atoms. The van der Waals surface area contributed by atoms with E-state index in [1.807, 2.05) is 79.1 Å². The Morgan fingerprint density at radius 3 is 2.42 bits per heavy atom. The predicted octanol–water partition coefficient (Wildman–Crippen LogP) is 4.82. The fraction of sp³-hybridized carbons (Fsp3) is 0.125. The quantitative estimate of drug-likeness (QED) is 0.403. The van der Waals surface area contributed by atoms with Crippen LogP contribution in [0.25, 0.3) is 22.9 Å². The van der Waals surface area contributed by atoms with E-state index in [4.69, 9.17) is 9.15 Å². The van der Waals surface area contributed by atoms with E-state index < -0.39 is 0 Å². The second-order valence-electron chi connectivity index (χ2n) is 6.69. The number of nitrogens with zero attached hydrogens (tertiary/aromatic N) is 2. The van der Waals surface area contributed by atoms with Crippen molar-refractivity contribution >= 4 is 17.7 Å². The molecule has 0 radical (unpaired) electrons. The van der Waals surface area contributed by atoms with Gasteiger partial charge in [-0.15, -0.1) is 22.0 Å². The van der Waals surface area contributed by atoms with Crippen LogP contribution in [0.2, 0.25) is 0 Å². The molecule has 3 aromatic carbocycles. The average Bonchev–Trinajstić information content (AvgIpc) is 3.33. The predicted molar refractivity (Wildman–Crippen MR) is 121 cm³/mol.